The highest BCUT2D eigenvalue weighted by molar-refractivity contribution is 5.95. The van der Waals surface area contributed by atoms with Gasteiger partial charge in [-0.05, 0) is 51.0 Å². The molecule has 0 aliphatic carbocycles. The first-order valence-electron chi connectivity index (χ1n) is 12.2. The van der Waals surface area contributed by atoms with Crippen LogP contribution in [0.1, 0.15) is 58.8 Å². The Morgan fingerprint density at radius 3 is 1.86 bits per heavy atom. The van der Waals surface area contributed by atoms with Gasteiger partial charge in [0.15, 0.2) is 5.96 Å². The van der Waals surface area contributed by atoms with Crippen molar-refractivity contribution in [1.29, 1.82) is 0 Å². The molecule has 0 aromatic carbocycles. The van der Waals surface area contributed by atoms with Crippen molar-refractivity contribution in [3.63, 3.8) is 0 Å². The third-order valence-corrected chi connectivity index (χ3v) is 5.24. The summed E-state index contributed by atoms with van der Waals surface area (Å²) in [5, 5.41) is 17.0. The van der Waals surface area contributed by atoms with Crippen molar-refractivity contribution in [3.8, 4) is 0 Å². The van der Waals surface area contributed by atoms with Crippen LogP contribution in [0.2, 0.25) is 0 Å². The van der Waals surface area contributed by atoms with Gasteiger partial charge in [-0.3, -0.25) is 24.2 Å². The maximum Gasteiger partial charge on any atom is 0.326 e. The number of rotatable bonds is 19. The van der Waals surface area contributed by atoms with Gasteiger partial charge in [-0.25, -0.2) is 4.79 Å². The van der Waals surface area contributed by atoms with Crippen molar-refractivity contribution in [2.45, 2.75) is 83.0 Å². The largest absolute Gasteiger partial charge is 0.480 e. The molecule has 0 fully saturated rings. The number of hydrogen-bond donors (Lipinski definition) is 9. The van der Waals surface area contributed by atoms with Gasteiger partial charge in [0.25, 0.3) is 0 Å². The Labute approximate surface area is 216 Å². The molecule has 0 aliphatic heterocycles. The first-order valence-corrected chi connectivity index (χ1v) is 12.2. The number of unbranched alkanes of at least 4 members (excludes halogenated alkanes) is 1. The van der Waals surface area contributed by atoms with Gasteiger partial charge in [0.05, 0.1) is 12.5 Å². The third-order valence-electron chi connectivity index (χ3n) is 5.24. The van der Waals surface area contributed by atoms with Gasteiger partial charge in [0.1, 0.15) is 18.1 Å². The lowest BCUT2D eigenvalue weighted by Crippen LogP contribution is -2.57. The van der Waals surface area contributed by atoms with Crippen molar-refractivity contribution in [3.05, 3.63) is 0 Å². The van der Waals surface area contributed by atoms with Gasteiger partial charge < -0.3 is 49.7 Å². The number of amides is 4. The maximum absolute atomic E-state index is 13.1. The summed E-state index contributed by atoms with van der Waals surface area (Å²) in [6.45, 7) is 4.22. The van der Waals surface area contributed by atoms with Crippen molar-refractivity contribution >= 4 is 35.6 Å². The zero-order valence-corrected chi connectivity index (χ0v) is 21.6. The average molecular weight is 530 g/mol. The van der Waals surface area contributed by atoms with Crippen LogP contribution in [0.3, 0.4) is 0 Å². The Kier molecular flexibility index (Phi) is 16.2. The number of nitrogens with zero attached hydrogens (tertiary/aromatic N) is 1. The fraction of sp³-hybridized carbons (Fsp3) is 0.727. The molecular weight excluding hydrogens is 486 g/mol. The summed E-state index contributed by atoms with van der Waals surface area (Å²) < 4.78 is 0. The Hall–Kier alpha value is -3.46. The smallest absolute Gasteiger partial charge is 0.326 e. The molecule has 37 heavy (non-hydrogen) atoms. The molecule has 0 saturated carbocycles. The molecule has 15 heteroatoms. The van der Waals surface area contributed by atoms with E-state index in [9.17, 15) is 29.1 Å². The number of carbonyl (C=O) groups excluding carboxylic acids is 4. The van der Waals surface area contributed by atoms with E-state index < -0.39 is 60.2 Å². The van der Waals surface area contributed by atoms with Crippen LogP contribution in [0.25, 0.3) is 0 Å². The topological polar surface area (TPSA) is 284 Å². The number of carboxylic acid groups (broad SMARTS) is 1. The maximum atomic E-state index is 13.1. The third kappa shape index (κ3) is 15.3. The average Bonchev–Trinajstić information content (AvgIpc) is 2.78. The Morgan fingerprint density at radius 1 is 0.811 bits per heavy atom. The van der Waals surface area contributed by atoms with E-state index in [1.807, 2.05) is 13.8 Å². The fourth-order valence-electron chi connectivity index (χ4n) is 3.36. The number of carbonyl (C=O) groups is 5. The zero-order valence-electron chi connectivity index (χ0n) is 21.6. The van der Waals surface area contributed by atoms with Gasteiger partial charge in [-0.15, -0.1) is 0 Å². The van der Waals surface area contributed by atoms with E-state index in [1.165, 1.54) is 0 Å². The molecule has 14 N–H and O–H groups in total. The fourth-order valence-corrected chi connectivity index (χ4v) is 3.36. The van der Waals surface area contributed by atoms with Crippen molar-refractivity contribution in [2.75, 3.05) is 13.1 Å². The van der Waals surface area contributed by atoms with Crippen molar-refractivity contribution in [1.82, 2.24) is 16.0 Å². The first kappa shape index (κ1) is 33.5. The minimum absolute atomic E-state index is 0.0310. The highest BCUT2D eigenvalue weighted by atomic mass is 16.4. The van der Waals surface area contributed by atoms with Crippen LogP contribution >= 0.6 is 0 Å². The van der Waals surface area contributed by atoms with Crippen LogP contribution in [-0.4, -0.2) is 77.9 Å². The first-order chi connectivity index (χ1) is 17.3. The summed E-state index contributed by atoms with van der Waals surface area (Å²) in [7, 11) is 0. The van der Waals surface area contributed by atoms with Gasteiger partial charge in [-0.1, -0.05) is 13.8 Å². The molecule has 0 heterocycles. The minimum atomic E-state index is -1.25. The van der Waals surface area contributed by atoms with Crippen LogP contribution in [0.15, 0.2) is 4.99 Å². The molecule has 4 atom stereocenters. The van der Waals surface area contributed by atoms with Gasteiger partial charge in [0.2, 0.25) is 23.6 Å². The lowest BCUT2D eigenvalue weighted by atomic mass is 10.0. The van der Waals surface area contributed by atoms with Gasteiger partial charge >= 0.3 is 5.97 Å². The molecule has 0 aliphatic rings. The number of hydrogen-bond acceptors (Lipinski definition) is 8. The molecule has 0 saturated heterocycles. The van der Waals surface area contributed by atoms with E-state index >= 15 is 0 Å². The van der Waals surface area contributed by atoms with Crippen molar-refractivity contribution in [2.24, 2.45) is 39.6 Å². The van der Waals surface area contributed by atoms with Crippen LogP contribution in [0.4, 0.5) is 0 Å². The Balaban J connectivity index is 5.62. The van der Waals surface area contributed by atoms with Crippen LogP contribution in [0, 0.1) is 5.92 Å². The highest BCUT2D eigenvalue weighted by Gasteiger charge is 2.30. The van der Waals surface area contributed by atoms with Gasteiger partial charge in [0, 0.05) is 6.54 Å². The normalized spacial score (nSPS) is 14.1. The molecule has 0 bridgehead atoms. The number of nitrogens with one attached hydrogen (secondary N) is 3. The molecule has 212 valence electrons. The summed E-state index contributed by atoms with van der Waals surface area (Å²) in [6, 6.07) is -4.62. The predicted molar refractivity (Wildman–Crippen MR) is 137 cm³/mol. The molecule has 0 spiro atoms. The van der Waals surface area contributed by atoms with Crippen LogP contribution in [0.5, 0.6) is 0 Å². The van der Waals surface area contributed by atoms with E-state index in [0.717, 1.165) is 0 Å². The SMILES string of the molecule is CC(C)CC(NC(=O)C(N)CC(N)=O)C(=O)NC(CCCN=C(N)N)C(=O)NC(CCCCN)C(=O)O. The summed E-state index contributed by atoms with van der Waals surface area (Å²) >= 11 is 0. The molecular formula is C22H43N9O6. The molecule has 0 aromatic heterocycles. The number of aliphatic carboxylic acids is 1. The van der Waals surface area contributed by atoms with Gasteiger partial charge in [-0.2, -0.15) is 0 Å². The molecule has 4 amide bonds. The van der Waals surface area contributed by atoms with E-state index in [0.29, 0.717) is 25.8 Å². The number of aliphatic imine (C=N–C) groups is 1. The zero-order chi connectivity index (χ0) is 28.5. The monoisotopic (exact) mass is 529 g/mol. The lowest BCUT2D eigenvalue weighted by molar-refractivity contribution is -0.142. The van der Waals surface area contributed by atoms with Crippen LogP contribution in [-0.2, 0) is 24.0 Å². The highest BCUT2D eigenvalue weighted by Crippen LogP contribution is 2.09. The summed E-state index contributed by atoms with van der Waals surface area (Å²) in [6.07, 6.45) is 1.43. The summed E-state index contributed by atoms with van der Waals surface area (Å²) in [5.41, 5.74) is 26.9. The number of primary amides is 1. The Morgan fingerprint density at radius 2 is 1.35 bits per heavy atom. The van der Waals surface area contributed by atoms with E-state index in [4.69, 9.17) is 28.7 Å². The van der Waals surface area contributed by atoms with E-state index in [-0.39, 0.29) is 37.7 Å². The van der Waals surface area contributed by atoms with E-state index in [2.05, 4.69) is 20.9 Å². The van der Waals surface area contributed by atoms with Crippen LogP contribution < -0.4 is 44.6 Å². The molecule has 0 radical (unpaired) electrons. The summed E-state index contributed by atoms with van der Waals surface area (Å²) in [4.78, 5) is 65.1. The molecule has 0 rings (SSSR count). The summed E-state index contributed by atoms with van der Waals surface area (Å²) in [5.74, 6) is -4.30. The minimum Gasteiger partial charge on any atom is -0.480 e. The molecule has 4 unspecified atom stereocenters. The molecule has 0 aromatic rings. The predicted octanol–water partition coefficient (Wildman–Crippen LogP) is -3.04. The van der Waals surface area contributed by atoms with Crippen molar-refractivity contribution < 1.29 is 29.1 Å². The van der Waals surface area contributed by atoms with E-state index in [1.54, 1.807) is 0 Å². The number of carboxylic acids is 1. The lowest BCUT2D eigenvalue weighted by Gasteiger charge is -2.26. The number of guanidine groups is 1. The second-order valence-electron chi connectivity index (χ2n) is 9.16. The second kappa shape index (κ2) is 17.9. The Bertz CT molecular complexity index is 802. The quantitative estimate of drug-likeness (QED) is 0.0463. The standard InChI is InChI=1S/C22H43N9O6/c1-12(2)10-16(31-18(33)13(24)11-17(25)32)20(35)29-14(7-5-9-28-22(26)27)19(34)30-15(21(36)37)6-3-4-8-23/h12-16H,3-11,23-24H2,1-2H3,(H2,25,32)(H,29,35)(H,30,34)(H,31,33)(H,36,37)(H4,26,27,28). The molecule has 15 nitrogen and oxygen atoms in total. The second-order valence-corrected chi connectivity index (χ2v) is 9.16. The number of nitrogens with two attached hydrogens (primary N) is 5.